The first-order valence-corrected chi connectivity index (χ1v) is 9.24. The highest BCUT2D eigenvalue weighted by Crippen LogP contribution is 2.30. The minimum absolute atomic E-state index is 0. The van der Waals surface area contributed by atoms with Crippen LogP contribution in [0.4, 0.5) is 0 Å². The van der Waals surface area contributed by atoms with Crippen LogP contribution in [-0.2, 0) is 13.0 Å². The minimum Gasteiger partial charge on any atom is -0.493 e. The number of aryl methyl sites for hydroxylation is 2. The molecule has 27 heavy (non-hydrogen) atoms. The molecule has 0 radical (unpaired) electrons. The van der Waals surface area contributed by atoms with Crippen LogP contribution in [-0.4, -0.2) is 31.3 Å². The molecule has 1 heterocycles. The van der Waals surface area contributed by atoms with Crippen molar-refractivity contribution >= 4 is 29.9 Å². The predicted molar refractivity (Wildman–Crippen MR) is 118 cm³/mol. The van der Waals surface area contributed by atoms with Gasteiger partial charge < -0.3 is 19.9 Å². The molecule has 0 spiro atoms. The molecule has 6 nitrogen and oxygen atoms in total. The first-order chi connectivity index (χ1) is 12.7. The number of benzene rings is 1. The fourth-order valence-corrected chi connectivity index (χ4v) is 2.85. The van der Waals surface area contributed by atoms with Crippen molar-refractivity contribution in [3.63, 3.8) is 0 Å². The first kappa shape index (κ1) is 21.5. The average Bonchev–Trinajstić information content (AvgIpc) is 3.43. The largest absolute Gasteiger partial charge is 0.493 e. The van der Waals surface area contributed by atoms with Crippen LogP contribution in [0.2, 0.25) is 0 Å². The van der Waals surface area contributed by atoms with E-state index in [1.165, 1.54) is 12.8 Å². The standard InChI is InChI=1S/C20H28N4O2.HI/c1-14-18(15(2)26-24-14)10-11-22-20(21-3)23-12-17-6-4-5-7-19(17)25-13-16-8-9-16;/h4-7,16H,8-13H2,1-3H3,(H2,21,22,23);1H. The molecular weight excluding hydrogens is 455 g/mol. The van der Waals surface area contributed by atoms with Crippen LogP contribution in [0.15, 0.2) is 33.8 Å². The van der Waals surface area contributed by atoms with Gasteiger partial charge in [0, 0.05) is 31.3 Å². The molecule has 1 aliphatic rings. The Hall–Kier alpha value is -1.77. The maximum absolute atomic E-state index is 5.97. The van der Waals surface area contributed by atoms with Gasteiger partial charge in [-0.1, -0.05) is 23.4 Å². The highest BCUT2D eigenvalue weighted by Gasteiger charge is 2.22. The number of hydrogen-bond donors (Lipinski definition) is 2. The van der Waals surface area contributed by atoms with Crippen LogP contribution in [0.3, 0.4) is 0 Å². The number of guanidine groups is 1. The van der Waals surface area contributed by atoms with E-state index in [0.29, 0.717) is 6.54 Å². The van der Waals surface area contributed by atoms with Gasteiger partial charge in [0.05, 0.1) is 12.3 Å². The maximum Gasteiger partial charge on any atom is 0.191 e. The Morgan fingerprint density at radius 3 is 2.70 bits per heavy atom. The molecule has 0 amide bonds. The molecule has 0 atom stereocenters. The second kappa shape index (κ2) is 10.5. The number of rotatable bonds is 8. The highest BCUT2D eigenvalue weighted by molar-refractivity contribution is 14.0. The molecule has 1 aromatic carbocycles. The number of nitrogens with zero attached hydrogens (tertiary/aromatic N) is 2. The van der Waals surface area contributed by atoms with Gasteiger partial charge in [-0.15, -0.1) is 24.0 Å². The molecule has 3 rings (SSSR count). The van der Waals surface area contributed by atoms with Gasteiger partial charge in [-0.05, 0) is 45.1 Å². The number of aromatic nitrogens is 1. The lowest BCUT2D eigenvalue weighted by Crippen LogP contribution is -2.38. The van der Waals surface area contributed by atoms with Gasteiger partial charge in [0.15, 0.2) is 5.96 Å². The lowest BCUT2D eigenvalue weighted by atomic mass is 10.1. The summed E-state index contributed by atoms with van der Waals surface area (Å²) in [5.74, 6) is 3.36. The van der Waals surface area contributed by atoms with Crippen LogP contribution in [0, 0.1) is 19.8 Å². The number of nitrogens with one attached hydrogen (secondary N) is 2. The molecule has 1 aromatic heterocycles. The lowest BCUT2D eigenvalue weighted by Gasteiger charge is -2.14. The van der Waals surface area contributed by atoms with E-state index in [0.717, 1.165) is 59.8 Å². The van der Waals surface area contributed by atoms with E-state index in [4.69, 9.17) is 9.26 Å². The monoisotopic (exact) mass is 484 g/mol. The third-order valence-corrected chi connectivity index (χ3v) is 4.66. The Kier molecular flexibility index (Phi) is 8.40. The smallest absolute Gasteiger partial charge is 0.191 e. The molecule has 1 saturated carbocycles. The summed E-state index contributed by atoms with van der Waals surface area (Å²) in [6.07, 6.45) is 3.44. The zero-order valence-corrected chi connectivity index (χ0v) is 18.6. The Bertz CT molecular complexity index is 737. The van der Waals surface area contributed by atoms with Crippen LogP contribution < -0.4 is 15.4 Å². The summed E-state index contributed by atoms with van der Waals surface area (Å²) in [6, 6.07) is 8.18. The van der Waals surface area contributed by atoms with Crippen LogP contribution in [0.5, 0.6) is 5.75 Å². The van der Waals surface area contributed by atoms with Crippen molar-refractivity contribution in [2.45, 2.75) is 39.7 Å². The third-order valence-electron chi connectivity index (χ3n) is 4.66. The van der Waals surface area contributed by atoms with E-state index in [2.05, 4.69) is 26.8 Å². The number of ether oxygens (including phenoxy) is 1. The fourth-order valence-electron chi connectivity index (χ4n) is 2.85. The number of para-hydroxylation sites is 1. The normalized spacial score (nSPS) is 13.8. The summed E-state index contributed by atoms with van der Waals surface area (Å²) in [7, 11) is 1.78. The summed E-state index contributed by atoms with van der Waals surface area (Å²) in [6.45, 7) is 6.17. The molecule has 2 aromatic rings. The van der Waals surface area contributed by atoms with E-state index in [1.54, 1.807) is 7.05 Å². The second-order valence-electron chi connectivity index (χ2n) is 6.77. The minimum atomic E-state index is 0. The van der Waals surface area contributed by atoms with E-state index in [9.17, 15) is 0 Å². The molecule has 0 saturated heterocycles. The summed E-state index contributed by atoms with van der Waals surface area (Å²) in [5.41, 5.74) is 3.25. The fraction of sp³-hybridized carbons (Fsp3) is 0.500. The molecule has 0 bridgehead atoms. The lowest BCUT2D eigenvalue weighted by molar-refractivity contribution is 0.296. The van der Waals surface area contributed by atoms with Gasteiger partial charge in [0.2, 0.25) is 0 Å². The molecular formula is C20H29IN4O2. The number of halogens is 1. The van der Waals surface area contributed by atoms with Gasteiger partial charge >= 0.3 is 0 Å². The Labute approximate surface area is 178 Å². The summed E-state index contributed by atoms with van der Waals surface area (Å²) in [4.78, 5) is 4.30. The van der Waals surface area contributed by atoms with E-state index in [-0.39, 0.29) is 24.0 Å². The van der Waals surface area contributed by atoms with E-state index in [1.807, 2.05) is 32.0 Å². The van der Waals surface area contributed by atoms with Crippen molar-refractivity contribution in [3.05, 3.63) is 46.8 Å². The quantitative estimate of drug-likeness (QED) is 0.341. The van der Waals surface area contributed by atoms with E-state index < -0.39 is 0 Å². The van der Waals surface area contributed by atoms with Crippen molar-refractivity contribution in [1.82, 2.24) is 15.8 Å². The number of hydrogen-bond acceptors (Lipinski definition) is 4. The summed E-state index contributed by atoms with van der Waals surface area (Å²) >= 11 is 0. The SMILES string of the molecule is CN=C(NCCc1c(C)noc1C)NCc1ccccc1OCC1CC1.I. The van der Waals surface area contributed by atoms with Crippen molar-refractivity contribution in [1.29, 1.82) is 0 Å². The van der Waals surface area contributed by atoms with Gasteiger partial charge in [-0.25, -0.2) is 0 Å². The second-order valence-corrected chi connectivity index (χ2v) is 6.77. The molecule has 1 aliphatic carbocycles. The van der Waals surface area contributed by atoms with Crippen LogP contribution >= 0.6 is 24.0 Å². The zero-order chi connectivity index (χ0) is 18.4. The van der Waals surface area contributed by atoms with Crippen molar-refractivity contribution in [2.75, 3.05) is 20.2 Å². The third kappa shape index (κ3) is 6.41. The number of aliphatic imine (C=N–C) groups is 1. The topological polar surface area (TPSA) is 71.7 Å². The van der Waals surface area contributed by atoms with Crippen LogP contribution in [0.1, 0.15) is 35.4 Å². The summed E-state index contributed by atoms with van der Waals surface area (Å²) in [5, 5.41) is 10.7. The molecule has 1 fully saturated rings. The van der Waals surface area contributed by atoms with Crippen molar-refractivity contribution < 1.29 is 9.26 Å². The Balaban J connectivity index is 0.00000261. The predicted octanol–water partition coefficient (Wildman–Crippen LogP) is 3.61. The average molecular weight is 484 g/mol. The highest BCUT2D eigenvalue weighted by atomic mass is 127. The van der Waals surface area contributed by atoms with E-state index >= 15 is 0 Å². The maximum atomic E-state index is 5.97. The molecule has 0 aliphatic heterocycles. The summed E-state index contributed by atoms with van der Waals surface area (Å²) < 4.78 is 11.2. The zero-order valence-electron chi connectivity index (χ0n) is 16.2. The van der Waals surface area contributed by atoms with Crippen LogP contribution in [0.25, 0.3) is 0 Å². The first-order valence-electron chi connectivity index (χ1n) is 9.24. The molecule has 0 unspecified atom stereocenters. The molecule has 7 heteroatoms. The molecule has 148 valence electrons. The van der Waals surface area contributed by atoms with Gasteiger partial charge in [0.25, 0.3) is 0 Å². The Morgan fingerprint density at radius 2 is 2.04 bits per heavy atom. The Morgan fingerprint density at radius 1 is 1.26 bits per heavy atom. The van der Waals surface area contributed by atoms with Crippen molar-refractivity contribution in [3.8, 4) is 5.75 Å². The van der Waals surface area contributed by atoms with Gasteiger partial charge in [0.1, 0.15) is 11.5 Å². The van der Waals surface area contributed by atoms with Gasteiger partial charge in [-0.2, -0.15) is 0 Å². The molecule has 2 N–H and O–H groups in total. The van der Waals surface area contributed by atoms with Crippen molar-refractivity contribution in [2.24, 2.45) is 10.9 Å². The van der Waals surface area contributed by atoms with Gasteiger partial charge in [-0.3, -0.25) is 4.99 Å².